The van der Waals surface area contributed by atoms with Crippen LogP contribution >= 0.6 is 11.6 Å². The van der Waals surface area contributed by atoms with Crippen molar-refractivity contribution in [3.05, 3.63) is 94.9 Å². The van der Waals surface area contributed by atoms with Crippen LogP contribution in [0.1, 0.15) is 47.2 Å². The van der Waals surface area contributed by atoms with Crippen molar-refractivity contribution < 1.29 is 19.0 Å². The number of hydrogen-bond donors (Lipinski definition) is 1. The molecule has 10 nitrogen and oxygen atoms in total. The quantitative estimate of drug-likeness (QED) is 0.149. The van der Waals surface area contributed by atoms with Gasteiger partial charge in [-0.3, -0.25) is 9.89 Å². The molecule has 5 rings (SSSR count). The van der Waals surface area contributed by atoms with Crippen molar-refractivity contribution in [2.75, 3.05) is 19.6 Å². The number of rotatable bonds is 13. The Morgan fingerprint density at radius 2 is 2.02 bits per heavy atom. The number of aromatic carboxylic acids is 1. The summed E-state index contributed by atoms with van der Waals surface area (Å²) in [4.78, 5) is 31.9. The highest BCUT2D eigenvalue weighted by Crippen LogP contribution is 2.24. The lowest BCUT2D eigenvalue weighted by Crippen LogP contribution is -2.35. The Hall–Kier alpha value is -4.35. The first-order valence-corrected chi connectivity index (χ1v) is 14.9. The van der Waals surface area contributed by atoms with Crippen molar-refractivity contribution in [2.45, 2.75) is 46.0 Å². The summed E-state index contributed by atoms with van der Waals surface area (Å²) in [6, 6.07) is 9.50. The van der Waals surface area contributed by atoms with E-state index in [-0.39, 0.29) is 18.1 Å². The molecule has 1 fully saturated rings. The van der Waals surface area contributed by atoms with Crippen LogP contribution in [0.5, 0.6) is 0 Å². The summed E-state index contributed by atoms with van der Waals surface area (Å²) in [7, 11) is 0. The van der Waals surface area contributed by atoms with Gasteiger partial charge in [0.1, 0.15) is 18.2 Å². The number of fused-ring (bicyclic) bond motifs is 1. The molecule has 0 radical (unpaired) electrons. The zero-order chi connectivity index (χ0) is 31.1. The van der Waals surface area contributed by atoms with Crippen LogP contribution in [0.25, 0.3) is 11.0 Å². The standard InChI is InChI=1S/C32H35ClFN7O3/c1-3-40-21-36-17-27(40)18-41-30-14-24(32(42)43)5-7-29(30)38-31(41)19-39-12-8-23(9-13-39)16-35-10-11-37-22(2)44-20-25-4-6-26(33)15-28(25)34/h4-7,10-11,14-15,17,21,23H,2-3,8-9,12-13,16,18-20H2,1H3,(H,42,43)/b35-10-,37-11-. The van der Waals surface area contributed by atoms with E-state index in [9.17, 15) is 14.3 Å². The van der Waals surface area contributed by atoms with Crippen LogP contribution in [0.15, 0.2) is 71.4 Å². The third-order valence-electron chi connectivity index (χ3n) is 7.77. The second-order valence-corrected chi connectivity index (χ2v) is 11.2. The zero-order valence-corrected chi connectivity index (χ0v) is 25.3. The van der Waals surface area contributed by atoms with Crippen LogP contribution in [0, 0.1) is 11.7 Å². The number of piperidine rings is 1. The minimum Gasteiger partial charge on any atom is -0.478 e. The Kier molecular flexibility index (Phi) is 10.2. The van der Waals surface area contributed by atoms with Crippen molar-refractivity contribution in [3.8, 4) is 0 Å². The number of benzene rings is 2. The molecule has 12 heteroatoms. The maximum absolute atomic E-state index is 13.9. The van der Waals surface area contributed by atoms with E-state index in [0.29, 0.717) is 36.1 Å². The first-order chi connectivity index (χ1) is 21.3. The van der Waals surface area contributed by atoms with Crippen LogP contribution in [0.3, 0.4) is 0 Å². The predicted octanol–water partition coefficient (Wildman–Crippen LogP) is 5.83. The normalized spacial score (nSPS) is 14.7. The summed E-state index contributed by atoms with van der Waals surface area (Å²) in [6.07, 6.45) is 8.83. The van der Waals surface area contributed by atoms with Crippen molar-refractivity contribution in [1.29, 1.82) is 0 Å². The smallest absolute Gasteiger partial charge is 0.335 e. The molecule has 1 N–H and O–H groups in total. The monoisotopic (exact) mass is 619 g/mol. The highest BCUT2D eigenvalue weighted by atomic mass is 35.5. The Balaban J connectivity index is 1.13. The molecular formula is C32H35ClFN7O3. The maximum Gasteiger partial charge on any atom is 0.335 e. The number of carboxylic acid groups (broad SMARTS) is 1. The van der Waals surface area contributed by atoms with E-state index in [4.69, 9.17) is 21.3 Å². The summed E-state index contributed by atoms with van der Waals surface area (Å²) >= 11 is 5.78. The van der Waals surface area contributed by atoms with Crippen LogP contribution in [-0.2, 0) is 31.0 Å². The SMILES string of the molecule is C=C(/N=C\C=N/CC1CCN(Cc2nc3ccc(C(=O)O)cc3n2Cc2cncn2CC)CC1)OCc1ccc(Cl)cc1F. The number of ether oxygens (including phenoxy) is 1. The van der Waals surface area contributed by atoms with Gasteiger partial charge in [0.15, 0.2) is 0 Å². The number of hydrogen-bond acceptors (Lipinski definition) is 7. The molecule has 0 spiro atoms. The first-order valence-electron chi connectivity index (χ1n) is 14.5. The summed E-state index contributed by atoms with van der Waals surface area (Å²) in [5.74, 6) is 0.137. The Bertz CT molecular complexity index is 1690. The second-order valence-electron chi connectivity index (χ2n) is 10.7. The molecular weight excluding hydrogens is 585 g/mol. The van der Waals surface area contributed by atoms with Gasteiger partial charge < -0.3 is 19.0 Å². The van der Waals surface area contributed by atoms with Gasteiger partial charge in [0.05, 0.1) is 41.7 Å². The number of halogens is 2. The van der Waals surface area contributed by atoms with Gasteiger partial charge >= 0.3 is 5.97 Å². The summed E-state index contributed by atoms with van der Waals surface area (Å²) in [5, 5.41) is 9.89. The molecule has 0 bridgehead atoms. The van der Waals surface area contributed by atoms with E-state index in [1.54, 1.807) is 36.5 Å². The third-order valence-corrected chi connectivity index (χ3v) is 8.00. The predicted molar refractivity (Wildman–Crippen MR) is 169 cm³/mol. The van der Waals surface area contributed by atoms with Crippen molar-refractivity contribution in [3.63, 3.8) is 0 Å². The Labute approximate surface area is 260 Å². The van der Waals surface area contributed by atoms with Gasteiger partial charge in [-0.25, -0.2) is 24.1 Å². The van der Waals surface area contributed by atoms with Gasteiger partial charge in [-0.1, -0.05) is 17.7 Å². The minimum absolute atomic E-state index is 0.0119. The average Bonchev–Trinajstić information content (AvgIpc) is 3.61. The molecule has 2 aromatic carbocycles. The molecule has 0 amide bonds. The average molecular weight is 620 g/mol. The fourth-order valence-electron chi connectivity index (χ4n) is 5.27. The molecule has 4 aromatic rings. The van der Waals surface area contributed by atoms with E-state index in [2.05, 4.69) is 42.5 Å². The number of imidazole rings is 2. The number of likely N-dealkylation sites (tertiary alicyclic amines) is 1. The lowest BCUT2D eigenvalue weighted by Gasteiger charge is -2.31. The molecule has 1 saturated heterocycles. The fourth-order valence-corrected chi connectivity index (χ4v) is 5.43. The van der Waals surface area contributed by atoms with E-state index >= 15 is 0 Å². The number of aryl methyl sites for hydroxylation is 1. The van der Waals surface area contributed by atoms with Crippen LogP contribution < -0.4 is 0 Å². The molecule has 44 heavy (non-hydrogen) atoms. The van der Waals surface area contributed by atoms with E-state index in [1.165, 1.54) is 12.3 Å². The summed E-state index contributed by atoms with van der Waals surface area (Å²) in [5.41, 5.74) is 3.24. The van der Waals surface area contributed by atoms with Gasteiger partial charge in [0, 0.05) is 42.3 Å². The maximum atomic E-state index is 13.9. The molecule has 3 heterocycles. The highest BCUT2D eigenvalue weighted by molar-refractivity contribution is 6.30. The van der Waals surface area contributed by atoms with Gasteiger partial charge in [0.25, 0.3) is 0 Å². The van der Waals surface area contributed by atoms with Gasteiger partial charge in [-0.15, -0.1) is 0 Å². The zero-order valence-electron chi connectivity index (χ0n) is 24.6. The highest BCUT2D eigenvalue weighted by Gasteiger charge is 2.22. The molecule has 0 atom stereocenters. The van der Waals surface area contributed by atoms with Crippen LogP contribution in [-0.4, -0.2) is 67.1 Å². The molecule has 0 saturated carbocycles. The van der Waals surface area contributed by atoms with Crippen molar-refractivity contribution in [1.82, 2.24) is 24.0 Å². The van der Waals surface area contributed by atoms with Gasteiger partial charge in [0.2, 0.25) is 5.88 Å². The van der Waals surface area contributed by atoms with E-state index < -0.39 is 11.8 Å². The van der Waals surface area contributed by atoms with Crippen molar-refractivity contribution in [2.24, 2.45) is 15.9 Å². The number of aromatic nitrogens is 4. The second kappa shape index (κ2) is 14.4. The topological polar surface area (TPSA) is 110 Å². The molecule has 1 aliphatic heterocycles. The van der Waals surface area contributed by atoms with Crippen LogP contribution in [0.4, 0.5) is 4.39 Å². The molecule has 230 valence electrons. The summed E-state index contributed by atoms with van der Waals surface area (Å²) in [6.45, 7) is 10.4. The first kappa shape index (κ1) is 31.1. The fraction of sp³-hybridized carbons (Fsp3) is 0.344. The molecule has 1 aliphatic rings. The van der Waals surface area contributed by atoms with E-state index in [1.807, 2.05) is 12.5 Å². The molecule has 2 aromatic heterocycles. The van der Waals surface area contributed by atoms with E-state index in [0.717, 1.165) is 55.0 Å². The molecule has 0 aliphatic carbocycles. The number of aliphatic imine (C=N–C) groups is 2. The number of carbonyl (C=O) groups is 1. The minimum atomic E-state index is -0.958. The Morgan fingerprint density at radius 3 is 2.77 bits per heavy atom. The van der Waals surface area contributed by atoms with Crippen LogP contribution in [0.2, 0.25) is 5.02 Å². The summed E-state index contributed by atoms with van der Waals surface area (Å²) < 4.78 is 23.5. The Morgan fingerprint density at radius 1 is 1.20 bits per heavy atom. The number of nitrogens with zero attached hydrogens (tertiary/aromatic N) is 7. The van der Waals surface area contributed by atoms with Gasteiger partial charge in [-0.2, -0.15) is 0 Å². The third kappa shape index (κ3) is 7.78. The molecule has 0 unspecified atom stereocenters. The van der Waals surface area contributed by atoms with Gasteiger partial charge in [-0.05, 0) is 75.7 Å². The lowest BCUT2D eigenvalue weighted by molar-refractivity contribution is 0.0697. The van der Waals surface area contributed by atoms with Crippen molar-refractivity contribution >= 4 is 41.0 Å². The number of carboxylic acids is 1. The largest absolute Gasteiger partial charge is 0.478 e. The lowest BCUT2D eigenvalue weighted by atomic mass is 9.97.